The van der Waals surface area contributed by atoms with Crippen molar-refractivity contribution in [1.82, 2.24) is 19.2 Å². The molecule has 5 rings (SSSR count). The number of nitrogens with zero attached hydrogens (tertiary/aromatic N) is 4. The van der Waals surface area contributed by atoms with Gasteiger partial charge in [-0.15, -0.1) is 0 Å². The van der Waals surface area contributed by atoms with Crippen LogP contribution in [0.1, 0.15) is 25.8 Å². The summed E-state index contributed by atoms with van der Waals surface area (Å²) in [4.78, 5) is 19.2. The molecule has 1 atom stereocenters. The predicted molar refractivity (Wildman–Crippen MR) is 137 cm³/mol. The van der Waals surface area contributed by atoms with Crippen molar-refractivity contribution in [3.8, 4) is 0 Å². The van der Waals surface area contributed by atoms with Gasteiger partial charge < -0.3 is 14.8 Å². The van der Waals surface area contributed by atoms with Crippen molar-refractivity contribution >= 4 is 49.2 Å². The quantitative estimate of drug-likeness (QED) is 0.393. The molecule has 0 bridgehead atoms. The highest BCUT2D eigenvalue weighted by Gasteiger charge is 2.24. The highest BCUT2D eigenvalue weighted by Crippen LogP contribution is 2.24. The second kappa shape index (κ2) is 9.67. The maximum absolute atomic E-state index is 12.9. The summed E-state index contributed by atoms with van der Waals surface area (Å²) in [6.45, 7) is 3.48. The summed E-state index contributed by atoms with van der Waals surface area (Å²) in [7, 11) is -3.70. The molecule has 3 heterocycles. The SMILES string of the molecule is C[C@@H](C(=O)NC1CCN(c2ccc(S(=O)(=O)Nc3ncns3)cc2)CC1)n1ccc2ccccc21. The van der Waals surface area contributed by atoms with Gasteiger partial charge in [0.15, 0.2) is 0 Å². The number of fused-ring (bicyclic) bond motifs is 1. The Morgan fingerprint density at radius 1 is 1.09 bits per heavy atom. The maximum Gasteiger partial charge on any atom is 0.263 e. The average molecular weight is 511 g/mol. The van der Waals surface area contributed by atoms with Gasteiger partial charge in [0.05, 0.1) is 4.90 Å². The van der Waals surface area contributed by atoms with Gasteiger partial charge in [-0.1, -0.05) is 18.2 Å². The Morgan fingerprint density at radius 3 is 2.54 bits per heavy atom. The third kappa shape index (κ3) is 5.01. The first kappa shape index (κ1) is 23.3. The lowest BCUT2D eigenvalue weighted by Gasteiger charge is -2.34. The Kier molecular flexibility index (Phi) is 6.44. The summed E-state index contributed by atoms with van der Waals surface area (Å²) >= 11 is 0.985. The van der Waals surface area contributed by atoms with E-state index in [1.54, 1.807) is 12.1 Å². The molecule has 1 aliphatic rings. The van der Waals surface area contributed by atoms with Gasteiger partial charge >= 0.3 is 0 Å². The third-order valence-electron chi connectivity index (χ3n) is 6.36. The molecule has 1 amide bonds. The minimum absolute atomic E-state index is 0.0160. The molecule has 0 aliphatic carbocycles. The van der Waals surface area contributed by atoms with Crippen molar-refractivity contribution < 1.29 is 13.2 Å². The molecular formula is C24H26N6O3S2. The van der Waals surface area contributed by atoms with E-state index in [1.807, 2.05) is 60.2 Å². The number of carbonyl (C=O) groups excluding carboxylic acids is 1. The van der Waals surface area contributed by atoms with Crippen LogP contribution in [0.2, 0.25) is 0 Å². The third-order valence-corrected chi connectivity index (χ3v) is 8.43. The van der Waals surface area contributed by atoms with Crippen molar-refractivity contribution in [1.29, 1.82) is 0 Å². The van der Waals surface area contributed by atoms with E-state index < -0.39 is 10.0 Å². The van der Waals surface area contributed by atoms with E-state index in [2.05, 4.69) is 24.3 Å². The van der Waals surface area contributed by atoms with Gasteiger partial charge in [-0.25, -0.2) is 13.4 Å². The van der Waals surface area contributed by atoms with Crippen LogP contribution in [0.25, 0.3) is 10.9 Å². The molecule has 1 fully saturated rings. The number of nitrogens with one attached hydrogen (secondary N) is 2. The van der Waals surface area contributed by atoms with Crippen molar-refractivity contribution in [3.05, 3.63) is 67.1 Å². The fraction of sp³-hybridized carbons (Fsp3) is 0.292. The van der Waals surface area contributed by atoms with Crippen LogP contribution in [-0.2, 0) is 14.8 Å². The number of hydrogen-bond donors (Lipinski definition) is 2. The van der Waals surface area contributed by atoms with Crippen LogP contribution in [0.5, 0.6) is 0 Å². The molecule has 35 heavy (non-hydrogen) atoms. The summed E-state index contributed by atoms with van der Waals surface area (Å²) < 4.78 is 33.3. The maximum atomic E-state index is 12.9. The Bertz CT molecular complexity index is 1410. The first-order chi connectivity index (χ1) is 16.9. The Hall–Kier alpha value is -3.44. The van der Waals surface area contributed by atoms with Crippen LogP contribution >= 0.6 is 11.5 Å². The van der Waals surface area contributed by atoms with Gasteiger partial charge in [0, 0.05) is 48.1 Å². The Labute approximate surface area is 208 Å². The largest absolute Gasteiger partial charge is 0.371 e. The number of amides is 1. The Morgan fingerprint density at radius 2 is 1.83 bits per heavy atom. The summed E-state index contributed by atoms with van der Waals surface area (Å²) in [5, 5.41) is 4.56. The van der Waals surface area contributed by atoms with Gasteiger partial charge in [-0.2, -0.15) is 4.37 Å². The average Bonchev–Trinajstić information content (AvgIpc) is 3.54. The highest BCUT2D eigenvalue weighted by atomic mass is 32.2. The fourth-order valence-corrected chi connectivity index (χ4v) is 6.06. The molecule has 0 saturated carbocycles. The zero-order valence-electron chi connectivity index (χ0n) is 19.2. The van der Waals surface area contributed by atoms with Crippen LogP contribution in [0.15, 0.2) is 72.0 Å². The molecule has 182 valence electrons. The molecule has 2 aromatic heterocycles. The van der Waals surface area contributed by atoms with Crippen LogP contribution < -0.4 is 14.9 Å². The van der Waals surface area contributed by atoms with Gasteiger partial charge in [-0.3, -0.25) is 9.52 Å². The summed E-state index contributed by atoms with van der Waals surface area (Å²) in [6.07, 6.45) is 4.92. The van der Waals surface area contributed by atoms with Crippen molar-refractivity contribution in [2.24, 2.45) is 0 Å². The molecule has 1 aliphatic heterocycles. The zero-order valence-corrected chi connectivity index (χ0v) is 20.8. The smallest absolute Gasteiger partial charge is 0.263 e. The van der Waals surface area contributed by atoms with E-state index in [1.165, 1.54) is 6.33 Å². The van der Waals surface area contributed by atoms with Crippen LogP contribution in [0, 0.1) is 0 Å². The van der Waals surface area contributed by atoms with Gasteiger partial charge in [-0.05, 0) is 61.5 Å². The molecule has 2 aromatic carbocycles. The molecular weight excluding hydrogens is 484 g/mol. The number of aromatic nitrogens is 3. The first-order valence-corrected chi connectivity index (χ1v) is 13.7. The second-order valence-electron chi connectivity index (χ2n) is 8.57. The summed E-state index contributed by atoms with van der Waals surface area (Å²) in [6, 6.07) is 16.7. The van der Waals surface area contributed by atoms with Gasteiger partial charge in [0.1, 0.15) is 12.4 Å². The molecule has 11 heteroatoms. The molecule has 4 aromatic rings. The molecule has 2 N–H and O–H groups in total. The summed E-state index contributed by atoms with van der Waals surface area (Å²) in [5.74, 6) is 0.0160. The van der Waals surface area contributed by atoms with E-state index in [0.717, 1.165) is 54.1 Å². The number of hydrogen-bond acceptors (Lipinski definition) is 7. The number of rotatable bonds is 7. The molecule has 0 spiro atoms. The minimum atomic E-state index is -3.70. The predicted octanol–water partition coefficient (Wildman–Crippen LogP) is 3.64. The van der Waals surface area contributed by atoms with Crippen LogP contribution in [0.4, 0.5) is 10.8 Å². The minimum Gasteiger partial charge on any atom is -0.371 e. The second-order valence-corrected chi connectivity index (χ2v) is 11.0. The number of anilines is 2. The van der Waals surface area contributed by atoms with E-state index >= 15 is 0 Å². The zero-order chi connectivity index (χ0) is 24.4. The molecule has 0 unspecified atom stereocenters. The lowest BCUT2D eigenvalue weighted by Crippen LogP contribution is -2.46. The number of benzene rings is 2. The molecule has 9 nitrogen and oxygen atoms in total. The number of sulfonamides is 1. The van der Waals surface area contributed by atoms with Gasteiger partial charge in [0.25, 0.3) is 10.0 Å². The van der Waals surface area contributed by atoms with Crippen molar-refractivity contribution in [2.75, 3.05) is 22.7 Å². The molecule has 1 saturated heterocycles. The fourth-order valence-electron chi connectivity index (χ4n) is 4.40. The van der Waals surface area contributed by atoms with Crippen molar-refractivity contribution in [3.63, 3.8) is 0 Å². The van der Waals surface area contributed by atoms with Crippen LogP contribution in [-0.4, -0.2) is 47.4 Å². The molecule has 0 radical (unpaired) electrons. The lowest BCUT2D eigenvalue weighted by atomic mass is 10.0. The standard InChI is InChI=1S/C24H26N6O3S2/c1-17(30-15-10-18-4-2-3-5-22(18)30)23(31)27-19-11-13-29(14-12-19)20-6-8-21(9-7-20)35(32,33)28-24-25-16-26-34-24/h2-10,15-17,19H,11-14H2,1H3,(H,27,31)(H,25,26,28)/t17-/m0/s1. The first-order valence-electron chi connectivity index (χ1n) is 11.4. The van der Waals surface area contributed by atoms with E-state index in [9.17, 15) is 13.2 Å². The topological polar surface area (TPSA) is 109 Å². The number of piperidine rings is 1. The number of para-hydroxylation sites is 1. The normalized spacial score (nSPS) is 15.7. The Balaban J connectivity index is 1.16. The van der Waals surface area contributed by atoms with E-state index in [4.69, 9.17) is 0 Å². The van der Waals surface area contributed by atoms with E-state index in [0.29, 0.717) is 0 Å². The van der Waals surface area contributed by atoms with Crippen LogP contribution in [0.3, 0.4) is 0 Å². The monoisotopic (exact) mass is 510 g/mol. The van der Waals surface area contributed by atoms with E-state index in [-0.39, 0.29) is 28.0 Å². The van der Waals surface area contributed by atoms with Gasteiger partial charge in [0.2, 0.25) is 11.0 Å². The van der Waals surface area contributed by atoms with Crippen molar-refractivity contribution in [2.45, 2.75) is 36.7 Å². The number of carbonyl (C=O) groups is 1. The lowest BCUT2D eigenvalue weighted by molar-refractivity contribution is -0.124. The highest BCUT2D eigenvalue weighted by molar-refractivity contribution is 7.93. The summed E-state index contributed by atoms with van der Waals surface area (Å²) in [5.41, 5.74) is 2.01.